The summed E-state index contributed by atoms with van der Waals surface area (Å²) in [5.41, 5.74) is 2.91. The Bertz CT molecular complexity index is 1420. The molecule has 0 saturated carbocycles. The van der Waals surface area contributed by atoms with E-state index in [1.54, 1.807) is 6.20 Å². The van der Waals surface area contributed by atoms with Gasteiger partial charge in [0.1, 0.15) is 0 Å². The summed E-state index contributed by atoms with van der Waals surface area (Å²) in [5, 5.41) is 8.80. The van der Waals surface area contributed by atoms with E-state index in [1.165, 1.54) is 32.3 Å². The number of fused-ring (bicyclic) bond motifs is 1. The fourth-order valence-electron chi connectivity index (χ4n) is 4.06. The number of benzene rings is 4. The van der Waals surface area contributed by atoms with E-state index in [9.17, 15) is 0 Å². The van der Waals surface area contributed by atoms with Gasteiger partial charge in [-0.05, 0) is 56.6 Å². The number of pyridine rings is 2. The summed E-state index contributed by atoms with van der Waals surface area (Å²) >= 11 is 0. The van der Waals surface area contributed by atoms with Crippen LogP contribution in [0.4, 0.5) is 0 Å². The summed E-state index contributed by atoms with van der Waals surface area (Å²) in [6.07, 6.45) is 1.79. The Morgan fingerprint density at radius 3 is 2.12 bits per heavy atom. The standard InChI is InChI=1S/C24H14N2/c1-3-15-6-7-17-8-11-19(20-12-9-16(4-1)22(15)23(17)20)21-13-10-18-5-2-14-25-24(18)26-21/h1-14H. The number of hydrogen-bond acceptors (Lipinski definition) is 2. The molecule has 6 rings (SSSR count). The smallest absolute Gasteiger partial charge is 0.159 e. The summed E-state index contributed by atoms with van der Waals surface area (Å²) in [5.74, 6) is 0. The van der Waals surface area contributed by atoms with Gasteiger partial charge in [0.15, 0.2) is 5.65 Å². The van der Waals surface area contributed by atoms with Gasteiger partial charge < -0.3 is 0 Å². The second-order valence-corrected chi connectivity index (χ2v) is 6.72. The number of rotatable bonds is 1. The van der Waals surface area contributed by atoms with E-state index < -0.39 is 0 Å². The van der Waals surface area contributed by atoms with E-state index in [2.05, 4.69) is 71.7 Å². The number of hydrogen-bond donors (Lipinski definition) is 0. The molecule has 0 radical (unpaired) electrons. The van der Waals surface area contributed by atoms with Crippen LogP contribution in [0.1, 0.15) is 0 Å². The van der Waals surface area contributed by atoms with Gasteiger partial charge >= 0.3 is 0 Å². The fraction of sp³-hybridized carbons (Fsp3) is 0. The zero-order valence-electron chi connectivity index (χ0n) is 14.0. The summed E-state index contributed by atoms with van der Waals surface area (Å²) in [4.78, 5) is 9.23. The SMILES string of the molecule is c1cnc2nc(-c3ccc4ccc5cccc6ccc3c4c56)ccc2c1. The van der Waals surface area contributed by atoms with Gasteiger partial charge in [-0.2, -0.15) is 0 Å². The predicted octanol–water partition coefficient (Wildman–Crippen LogP) is 6.19. The summed E-state index contributed by atoms with van der Waals surface area (Å²) in [6, 6.07) is 27.9. The zero-order chi connectivity index (χ0) is 17.1. The Balaban J connectivity index is 1.75. The Hall–Kier alpha value is -3.52. The topological polar surface area (TPSA) is 25.8 Å². The van der Waals surface area contributed by atoms with Crippen LogP contribution >= 0.6 is 0 Å². The van der Waals surface area contributed by atoms with Crippen LogP contribution in [0.2, 0.25) is 0 Å². The Morgan fingerprint density at radius 1 is 0.538 bits per heavy atom. The summed E-state index contributed by atoms with van der Waals surface area (Å²) < 4.78 is 0. The quantitative estimate of drug-likeness (QED) is 0.336. The molecule has 120 valence electrons. The van der Waals surface area contributed by atoms with Gasteiger partial charge in [0, 0.05) is 17.1 Å². The van der Waals surface area contributed by atoms with Gasteiger partial charge in [-0.3, -0.25) is 0 Å². The van der Waals surface area contributed by atoms with Crippen molar-refractivity contribution in [3.8, 4) is 11.3 Å². The predicted molar refractivity (Wildman–Crippen MR) is 109 cm³/mol. The van der Waals surface area contributed by atoms with Crippen molar-refractivity contribution >= 4 is 43.4 Å². The highest BCUT2D eigenvalue weighted by atomic mass is 14.8. The molecule has 0 saturated heterocycles. The molecule has 0 aliphatic rings. The molecule has 26 heavy (non-hydrogen) atoms. The monoisotopic (exact) mass is 330 g/mol. The van der Waals surface area contributed by atoms with Gasteiger partial charge in [-0.1, -0.05) is 54.6 Å². The molecule has 2 aromatic heterocycles. The molecule has 4 aromatic carbocycles. The molecular formula is C24H14N2. The fourth-order valence-corrected chi connectivity index (χ4v) is 4.06. The molecule has 0 spiro atoms. The highest BCUT2D eigenvalue weighted by Gasteiger charge is 2.12. The molecule has 0 aliphatic carbocycles. The summed E-state index contributed by atoms with van der Waals surface area (Å²) in [7, 11) is 0. The maximum Gasteiger partial charge on any atom is 0.159 e. The van der Waals surface area contributed by atoms with Crippen LogP contribution < -0.4 is 0 Å². The first-order valence-electron chi connectivity index (χ1n) is 8.77. The Labute approximate surface area is 150 Å². The zero-order valence-corrected chi connectivity index (χ0v) is 14.0. The normalized spacial score (nSPS) is 11.8. The molecule has 0 atom stereocenters. The second-order valence-electron chi connectivity index (χ2n) is 6.72. The van der Waals surface area contributed by atoms with Gasteiger partial charge in [0.2, 0.25) is 0 Å². The minimum atomic E-state index is 0.788. The highest BCUT2D eigenvalue weighted by molar-refractivity contribution is 6.25. The van der Waals surface area contributed by atoms with Crippen molar-refractivity contribution in [1.82, 2.24) is 9.97 Å². The first kappa shape index (κ1) is 13.7. The molecule has 0 fully saturated rings. The van der Waals surface area contributed by atoms with E-state index in [4.69, 9.17) is 4.98 Å². The molecule has 0 aliphatic heterocycles. The van der Waals surface area contributed by atoms with Gasteiger partial charge in [0.05, 0.1) is 5.69 Å². The van der Waals surface area contributed by atoms with Gasteiger partial charge in [-0.25, -0.2) is 9.97 Å². The molecule has 0 bridgehead atoms. The molecule has 0 N–H and O–H groups in total. The van der Waals surface area contributed by atoms with Gasteiger partial charge in [0.25, 0.3) is 0 Å². The minimum absolute atomic E-state index is 0.788. The van der Waals surface area contributed by atoms with Crippen LogP contribution in [0.5, 0.6) is 0 Å². The lowest BCUT2D eigenvalue weighted by Gasteiger charge is -2.13. The molecule has 0 amide bonds. The maximum atomic E-state index is 4.82. The molecular weight excluding hydrogens is 316 g/mol. The summed E-state index contributed by atoms with van der Waals surface area (Å²) in [6.45, 7) is 0. The first-order chi connectivity index (χ1) is 12.9. The van der Waals surface area contributed by atoms with E-state index in [0.717, 1.165) is 22.3 Å². The van der Waals surface area contributed by atoms with Crippen molar-refractivity contribution in [1.29, 1.82) is 0 Å². The Kier molecular flexibility index (Phi) is 2.64. The van der Waals surface area contributed by atoms with Crippen LogP contribution in [0, 0.1) is 0 Å². The van der Waals surface area contributed by atoms with Crippen molar-refractivity contribution in [3.05, 3.63) is 85.1 Å². The number of aromatic nitrogens is 2. The van der Waals surface area contributed by atoms with Crippen molar-refractivity contribution in [2.75, 3.05) is 0 Å². The third-order valence-electron chi connectivity index (χ3n) is 5.27. The third kappa shape index (κ3) is 1.81. The average molecular weight is 330 g/mol. The molecule has 6 aromatic rings. The van der Waals surface area contributed by atoms with Gasteiger partial charge in [-0.15, -0.1) is 0 Å². The molecule has 2 heteroatoms. The minimum Gasteiger partial charge on any atom is -0.237 e. The van der Waals surface area contributed by atoms with Crippen molar-refractivity contribution in [3.63, 3.8) is 0 Å². The third-order valence-corrected chi connectivity index (χ3v) is 5.27. The van der Waals surface area contributed by atoms with Crippen LogP contribution in [0.3, 0.4) is 0 Å². The lowest BCUT2D eigenvalue weighted by atomic mass is 9.91. The second kappa shape index (κ2) is 4.99. The van der Waals surface area contributed by atoms with Crippen molar-refractivity contribution < 1.29 is 0 Å². The largest absolute Gasteiger partial charge is 0.237 e. The number of nitrogens with zero attached hydrogens (tertiary/aromatic N) is 2. The van der Waals surface area contributed by atoms with Crippen LogP contribution in [0.15, 0.2) is 85.1 Å². The Morgan fingerprint density at radius 2 is 1.23 bits per heavy atom. The lowest BCUT2D eigenvalue weighted by Crippen LogP contribution is -1.90. The maximum absolute atomic E-state index is 4.82. The van der Waals surface area contributed by atoms with Crippen LogP contribution in [-0.2, 0) is 0 Å². The molecule has 0 unspecified atom stereocenters. The van der Waals surface area contributed by atoms with E-state index in [1.807, 2.05) is 12.1 Å². The first-order valence-corrected chi connectivity index (χ1v) is 8.77. The average Bonchev–Trinajstić information content (AvgIpc) is 2.71. The van der Waals surface area contributed by atoms with E-state index in [0.29, 0.717) is 0 Å². The van der Waals surface area contributed by atoms with Crippen LogP contribution in [0.25, 0.3) is 54.6 Å². The van der Waals surface area contributed by atoms with E-state index in [-0.39, 0.29) is 0 Å². The van der Waals surface area contributed by atoms with Crippen molar-refractivity contribution in [2.45, 2.75) is 0 Å². The van der Waals surface area contributed by atoms with Crippen LogP contribution in [-0.4, -0.2) is 9.97 Å². The highest BCUT2D eigenvalue weighted by Crippen LogP contribution is 2.38. The van der Waals surface area contributed by atoms with Crippen molar-refractivity contribution in [2.24, 2.45) is 0 Å². The molecule has 2 nitrogen and oxygen atoms in total. The lowest BCUT2D eigenvalue weighted by molar-refractivity contribution is 1.29. The van der Waals surface area contributed by atoms with E-state index >= 15 is 0 Å². The molecule has 2 heterocycles.